The summed E-state index contributed by atoms with van der Waals surface area (Å²) < 4.78 is 10.6. The van der Waals surface area contributed by atoms with Gasteiger partial charge in [0.2, 0.25) is 11.8 Å². The number of carbonyl (C=O) groups excluding carboxylic acids is 4. The number of imide groups is 1. The molecule has 0 aromatic rings. The van der Waals surface area contributed by atoms with E-state index >= 15 is 0 Å². The van der Waals surface area contributed by atoms with Crippen molar-refractivity contribution in [3.8, 4) is 0 Å². The van der Waals surface area contributed by atoms with E-state index in [2.05, 4.69) is 10.6 Å². The highest BCUT2D eigenvalue weighted by atomic mass is 16.5. The van der Waals surface area contributed by atoms with Crippen molar-refractivity contribution >= 4 is 23.6 Å². The minimum Gasteiger partial charge on any atom is -0.377 e. The molecule has 0 unspecified atom stereocenters. The SMILES string of the molecule is CCCC(=O)NCCOCCOCCNC(=O)CCN1C(=O)C=CC1=O. The summed E-state index contributed by atoms with van der Waals surface area (Å²) in [6.07, 6.45) is 3.79. The molecule has 146 valence electrons. The molecule has 0 aromatic heterocycles. The Hall–Kier alpha value is -2.26. The van der Waals surface area contributed by atoms with Gasteiger partial charge in [0.05, 0.1) is 26.4 Å². The minimum absolute atomic E-state index is 0.0258. The monoisotopic (exact) mass is 369 g/mol. The molecule has 1 aliphatic heterocycles. The summed E-state index contributed by atoms with van der Waals surface area (Å²) >= 11 is 0. The fraction of sp³-hybridized carbons (Fsp3) is 0.647. The quantitative estimate of drug-likeness (QED) is 0.311. The molecule has 1 rings (SSSR count). The molecular weight excluding hydrogens is 342 g/mol. The van der Waals surface area contributed by atoms with Gasteiger partial charge in [-0.15, -0.1) is 0 Å². The maximum absolute atomic E-state index is 11.6. The molecule has 0 fully saturated rings. The largest absolute Gasteiger partial charge is 0.377 e. The minimum atomic E-state index is -0.393. The molecule has 1 heterocycles. The predicted molar refractivity (Wildman–Crippen MR) is 93.0 cm³/mol. The van der Waals surface area contributed by atoms with Gasteiger partial charge in [-0.05, 0) is 6.42 Å². The van der Waals surface area contributed by atoms with Crippen LogP contribution < -0.4 is 10.6 Å². The summed E-state index contributed by atoms with van der Waals surface area (Å²) in [6, 6.07) is 0. The van der Waals surface area contributed by atoms with Crippen molar-refractivity contribution in [3.63, 3.8) is 0 Å². The normalized spacial score (nSPS) is 13.3. The zero-order valence-electron chi connectivity index (χ0n) is 15.1. The van der Waals surface area contributed by atoms with Gasteiger partial charge in [0.1, 0.15) is 0 Å². The van der Waals surface area contributed by atoms with Crippen LogP contribution in [0.3, 0.4) is 0 Å². The van der Waals surface area contributed by atoms with Crippen LogP contribution >= 0.6 is 0 Å². The highest BCUT2D eigenvalue weighted by molar-refractivity contribution is 6.13. The summed E-state index contributed by atoms with van der Waals surface area (Å²) in [6.45, 7) is 4.40. The van der Waals surface area contributed by atoms with Gasteiger partial charge in [0.25, 0.3) is 11.8 Å². The maximum atomic E-state index is 11.6. The molecule has 0 bridgehead atoms. The molecule has 4 amide bonds. The van der Waals surface area contributed by atoms with Gasteiger partial charge in [0.15, 0.2) is 0 Å². The van der Waals surface area contributed by atoms with Crippen molar-refractivity contribution < 1.29 is 28.7 Å². The third kappa shape index (κ3) is 9.28. The number of ether oxygens (including phenoxy) is 2. The molecule has 0 spiro atoms. The number of nitrogens with one attached hydrogen (secondary N) is 2. The van der Waals surface area contributed by atoms with Crippen molar-refractivity contribution in [1.29, 1.82) is 0 Å². The van der Waals surface area contributed by atoms with Crippen LogP contribution in [0, 0.1) is 0 Å². The van der Waals surface area contributed by atoms with E-state index in [-0.39, 0.29) is 24.8 Å². The first-order chi connectivity index (χ1) is 12.5. The fourth-order valence-electron chi connectivity index (χ4n) is 2.12. The zero-order chi connectivity index (χ0) is 19.2. The average molecular weight is 369 g/mol. The summed E-state index contributed by atoms with van der Waals surface area (Å²) in [5.74, 6) is -1.01. The van der Waals surface area contributed by atoms with Crippen LogP contribution in [0.4, 0.5) is 0 Å². The standard InChI is InChI=1S/C17H27N3O6/c1-2-3-14(21)18-7-10-25-12-13-26-11-8-19-15(22)6-9-20-16(23)4-5-17(20)24/h4-5H,2-3,6-13H2,1H3,(H,18,21)(H,19,22). The first-order valence-electron chi connectivity index (χ1n) is 8.77. The Labute approximate surface area is 153 Å². The van der Waals surface area contributed by atoms with Gasteiger partial charge in [-0.1, -0.05) is 6.92 Å². The Bertz CT molecular complexity index is 503. The lowest BCUT2D eigenvalue weighted by Crippen LogP contribution is -2.35. The highest BCUT2D eigenvalue weighted by Crippen LogP contribution is 2.03. The van der Waals surface area contributed by atoms with E-state index in [4.69, 9.17) is 9.47 Å². The summed E-state index contributed by atoms with van der Waals surface area (Å²) in [7, 11) is 0. The zero-order valence-corrected chi connectivity index (χ0v) is 15.1. The molecule has 9 heteroatoms. The number of rotatable bonds is 14. The second-order valence-corrected chi connectivity index (χ2v) is 5.59. The van der Waals surface area contributed by atoms with E-state index in [0.29, 0.717) is 45.9 Å². The lowest BCUT2D eigenvalue weighted by Gasteiger charge is -2.13. The van der Waals surface area contributed by atoms with Crippen LogP contribution in [-0.4, -0.2) is 74.6 Å². The van der Waals surface area contributed by atoms with Crippen molar-refractivity contribution in [3.05, 3.63) is 12.2 Å². The lowest BCUT2D eigenvalue weighted by molar-refractivity contribution is -0.137. The van der Waals surface area contributed by atoms with Crippen molar-refractivity contribution in [1.82, 2.24) is 15.5 Å². The summed E-state index contributed by atoms with van der Waals surface area (Å²) in [5, 5.41) is 5.39. The lowest BCUT2D eigenvalue weighted by atomic mass is 10.3. The Balaban J connectivity index is 1.88. The molecule has 9 nitrogen and oxygen atoms in total. The third-order valence-electron chi connectivity index (χ3n) is 3.45. The van der Waals surface area contributed by atoms with Crippen LogP contribution in [0.15, 0.2) is 12.2 Å². The molecule has 0 saturated carbocycles. The average Bonchev–Trinajstić information content (AvgIpc) is 2.93. The maximum Gasteiger partial charge on any atom is 0.253 e. The Kier molecular flexibility index (Phi) is 10.9. The molecule has 26 heavy (non-hydrogen) atoms. The fourth-order valence-corrected chi connectivity index (χ4v) is 2.12. The van der Waals surface area contributed by atoms with E-state index in [1.54, 1.807) is 0 Å². The highest BCUT2D eigenvalue weighted by Gasteiger charge is 2.23. The van der Waals surface area contributed by atoms with Crippen LogP contribution in [0.1, 0.15) is 26.2 Å². The van der Waals surface area contributed by atoms with Crippen LogP contribution in [0.25, 0.3) is 0 Å². The van der Waals surface area contributed by atoms with Gasteiger partial charge in [-0.3, -0.25) is 24.1 Å². The van der Waals surface area contributed by atoms with E-state index in [0.717, 1.165) is 11.3 Å². The second-order valence-electron chi connectivity index (χ2n) is 5.59. The first kappa shape index (κ1) is 21.8. The predicted octanol–water partition coefficient (Wildman–Crippen LogP) is -0.633. The number of hydrogen-bond donors (Lipinski definition) is 2. The van der Waals surface area contributed by atoms with Gasteiger partial charge < -0.3 is 20.1 Å². The van der Waals surface area contributed by atoms with Crippen molar-refractivity contribution in [2.24, 2.45) is 0 Å². The smallest absolute Gasteiger partial charge is 0.253 e. The Morgan fingerprint density at radius 1 is 0.885 bits per heavy atom. The number of hydrogen-bond acceptors (Lipinski definition) is 6. The second kappa shape index (κ2) is 13.0. The molecule has 0 atom stereocenters. The third-order valence-corrected chi connectivity index (χ3v) is 3.45. The molecule has 0 aliphatic carbocycles. The van der Waals surface area contributed by atoms with Crippen molar-refractivity contribution in [2.45, 2.75) is 26.2 Å². The summed E-state index contributed by atoms with van der Waals surface area (Å²) in [4.78, 5) is 46.5. The van der Waals surface area contributed by atoms with Crippen LogP contribution in [0.5, 0.6) is 0 Å². The molecular formula is C17H27N3O6. The van der Waals surface area contributed by atoms with Crippen molar-refractivity contribution in [2.75, 3.05) is 46.1 Å². The molecule has 1 aliphatic rings. The van der Waals surface area contributed by atoms with E-state index < -0.39 is 11.8 Å². The number of carbonyl (C=O) groups is 4. The molecule has 0 aromatic carbocycles. The molecule has 2 N–H and O–H groups in total. The van der Waals surface area contributed by atoms with Gasteiger partial charge in [-0.2, -0.15) is 0 Å². The Morgan fingerprint density at radius 3 is 1.88 bits per heavy atom. The van der Waals surface area contributed by atoms with E-state index in [1.165, 1.54) is 12.2 Å². The van der Waals surface area contributed by atoms with E-state index in [9.17, 15) is 19.2 Å². The summed E-state index contributed by atoms with van der Waals surface area (Å²) in [5.41, 5.74) is 0. The topological polar surface area (TPSA) is 114 Å². The first-order valence-corrected chi connectivity index (χ1v) is 8.77. The number of nitrogens with zero attached hydrogens (tertiary/aromatic N) is 1. The Morgan fingerprint density at radius 2 is 1.38 bits per heavy atom. The molecule has 0 saturated heterocycles. The van der Waals surface area contributed by atoms with Gasteiger partial charge in [0, 0.05) is 44.6 Å². The van der Waals surface area contributed by atoms with Gasteiger partial charge >= 0.3 is 0 Å². The number of amides is 4. The van der Waals surface area contributed by atoms with Gasteiger partial charge in [-0.25, -0.2) is 0 Å². The van der Waals surface area contributed by atoms with Crippen LogP contribution in [0.2, 0.25) is 0 Å². The molecule has 0 radical (unpaired) electrons. The van der Waals surface area contributed by atoms with Crippen LogP contribution in [-0.2, 0) is 28.7 Å². The van der Waals surface area contributed by atoms with E-state index in [1.807, 2.05) is 6.92 Å².